The topological polar surface area (TPSA) is 58.4 Å². The van der Waals surface area contributed by atoms with E-state index in [9.17, 15) is 4.79 Å². The van der Waals surface area contributed by atoms with Crippen LogP contribution in [0.25, 0.3) is 0 Å². The molecule has 0 radical (unpaired) electrons. The van der Waals surface area contributed by atoms with Crippen LogP contribution in [-0.4, -0.2) is 30.9 Å². The van der Waals surface area contributed by atoms with Crippen LogP contribution in [-0.2, 0) is 4.79 Å². The smallest absolute Gasteiger partial charge is 0.225 e. The Morgan fingerprint density at radius 2 is 2.11 bits per heavy atom. The van der Waals surface area contributed by atoms with Crippen molar-refractivity contribution in [3.63, 3.8) is 0 Å². The van der Waals surface area contributed by atoms with E-state index in [4.69, 9.17) is 5.73 Å². The van der Waals surface area contributed by atoms with Crippen LogP contribution in [0.5, 0.6) is 0 Å². The first-order valence-electron chi connectivity index (χ1n) is 6.37. The van der Waals surface area contributed by atoms with E-state index in [2.05, 4.69) is 17.1 Å². The number of nitrogen functional groups attached to an aromatic ring is 1. The maximum atomic E-state index is 11.8. The summed E-state index contributed by atoms with van der Waals surface area (Å²) in [6.07, 6.45) is 1.62. The number of carbonyl (C=O) groups is 1. The minimum atomic E-state index is 0.0471. The molecule has 1 rings (SSSR count). The molecule has 0 bridgehead atoms. The Bertz CT molecular complexity index is 404. The summed E-state index contributed by atoms with van der Waals surface area (Å²) in [5.74, 6) is 0.0471. The minimum absolute atomic E-state index is 0.0471. The van der Waals surface area contributed by atoms with E-state index in [1.165, 1.54) is 0 Å². The first-order chi connectivity index (χ1) is 8.52. The molecule has 0 atom stereocenters. The van der Waals surface area contributed by atoms with Crippen LogP contribution < -0.4 is 11.1 Å². The summed E-state index contributed by atoms with van der Waals surface area (Å²) in [4.78, 5) is 14.0. The molecule has 0 saturated heterocycles. The number of aryl methyl sites for hydroxylation is 1. The number of rotatable bonds is 6. The van der Waals surface area contributed by atoms with Gasteiger partial charge in [-0.3, -0.25) is 4.79 Å². The van der Waals surface area contributed by atoms with Gasteiger partial charge < -0.3 is 16.0 Å². The van der Waals surface area contributed by atoms with Crippen LogP contribution in [0.2, 0.25) is 0 Å². The molecule has 4 heteroatoms. The summed E-state index contributed by atoms with van der Waals surface area (Å²) in [6.45, 7) is 5.88. The monoisotopic (exact) mass is 249 g/mol. The van der Waals surface area contributed by atoms with Gasteiger partial charge in [-0.2, -0.15) is 0 Å². The molecule has 1 amide bonds. The van der Waals surface area contributed by atoms with Crippen LogP contribution in [0.1, 0.15) is 25.3 Å². The standard InChI is InChI=1S/C14H23N3O/c1-4-8-17(3)9-7-14(18)16-13-6-5-12(15)10-11(13)2/h5-6,10H,4,7-9,15H2,1-3H3,(H,16,18). The summed E-state index contributed by atoms with van der Waals surface area (Å²) >= 11 is 0. The Morgan fingerprint density at radius 1 is 1.39 bits per heavy atom. The van der Waals surface area contributed by atoms with Crippen LogP contribution >= 0.6 is 0 Å². The quantitative estimate of drug-likeness (QED) is 0.760. The predicted molar refractivity (Wildman–Crippen MR) is 76.6 cm³/mol. The largest absolute Gasteiger partial charge is 0.399 e. The fraction of sp³-hybridized carbons (Fsp3) is 0.500. The van der Waals surface area contributed by atoms with Crippen molar-refractivity contribution in [2.24, 2.45) is 0 Å². The summed E-state index contributed by atoms with van der Waals surface area (Å²) in [6, 6.07) is 5.50. The lowest BCUT2D eigenvalue weighted by Crippen LogP contribution is -2.25. The molecule has 0 aromatic heterocycles. The van der Waals surface area contributed by atoms with Gasteiger partial charge in [0.15, 0.2) is 0 Å². The number of nitrogens with zero attached hydrogens (tertiary/aromatic N) is 1. The molecular formula is C14H23N3O. The molecule has 0 fully saturated rings. The third kappa shape index (κ3) is 4.75. The second kappa shape index (κ2) is 7.01. The number of benzene rings is 1. The molecule has 0 unspecified atom stereocenters. The summed E-state index contributed by atoms with van der Waals surface area (Å²) in [7, 11) is 2.03. The highest BCUT2D eigenvalue weighted by atomic mass is 16.1. The first-order valence-corrected chi connectivity index (χ1v) is 6.37. The molecule has 0 aliphatic carbocycles. The van der Waals surface area contributed by atoms with Gasteiger partial charge >= 0.3 is 0 Å². The lowest BCUT2D eigenvalue weighted by atomic mass is 10.2. The minimum Gasteiger partial charge on any atom is -0.399 e. The number of nitrogens with two attached hydrogens (primary N) is 1. The molecule has 0 aliphatic heterocycles. The Morgan fingerprint density at radius 3 is 2.72 bits per heavy atom. The van der Waals surface area contributed by atoms with Crippen molar-refractivity contribution in [1.29, 1.82) is 0 Å². The molecule has 3 N–H and O–H groups in total. The van der Waals surface area contributed by atoms with E-state index in [0.29, 0.717) is 12.1 Å². The zero-order valence-corrected chi connectivity index (χ0v) is 11.5. The number of nitrogens with one attached hydrogen (secondary N) is 1. The van der Waals surface area contributed by atoms with Gasteiger partial charge in [0.25, 0.3) is 0 Å². The van der Waals surface area contributed by atoms with Crippen LogP contribution in [0.3, 0.4) is 0 Å². The highest BCUT2D eigenvalue weighted by Crippen LogP contribution is 2.17. The lowest BCUT2D eigenvalue weighted by Gasteiger charge is -2.15. The van der Waals surface area contributed by atoms with Crippen LogP contribution in [0.15, 0.2) is 18.2 Å². The molecule has 0 saturated carbocycles. The SMILES string of the molecule is CCCN(C)CCC(=O)Nc1ccc(N)cc1C. The van der Waals surface area contributed by atoms with E-state index < -0.39 is 0 Å². The lowest BCUT2D eigenvalue weighted by molar-refractivity contribution is -0.116. The molecule has 0 aliphatic rings. The normalized spacial score (nSPS) is 10.7. The zero-order valence-electron chi connectivity index (χ0n) is 11.5. The fourth-order valence-electron chi connectivity index (χ4n) is 1.83. The molecule has 1 aromatic rings. The van der Waals surface area contributed by atoms with Gasteiger partial charge in [-0.25, -0.2) is 0 Å². The van der Waals surface area contributed by atoms with Gasteiger partial charge in [-0.15, -0.1) is 0 Å². The summed E-state index contributed by atoms with van der Waals surface area (Å²) < 4.78 is 0. The van der Waals surface area contributed by atoms with Crippen molar-refractivity contribution in [1.82, 2.24) is 4.90 Å². The van der Waals surface area contributed by atoms with Crippen molar-refractivity contribution in [3.8, 4) is 0 Å². The number of hydrogen-bond acceptors (Lipinski definition) is 3. The maximum Gasteiger partial charge on any atom is 0.225 e. The van der Waals surface area contributed by atoms with Crippen molar-refractivity contribution < 1.29 is 4.79 Å². The molecule has 4 nitrogen and oxygen atoms in total. The third-order valence-electron chi connectivity index (χ3n) is 2.85. The molecule has 1 aromatic carbocycles. The Hall–Kier alpha value is -1.55. The van der Waals surface area contributed by atoms with Gasteiger partial charge in [0.2, 0.25) is 5.91 Å². The predicted octanol–water partition coefficient (Wildman–Crippen LogP) is 2.25. The van der Waals surface area contributed by atoms with Crippen LogP contribution in [0, 0.1) is 6.92 Å². The van der Waals surface area contributed by atoms with Crippen LogP contribution in [0.4, 0.5) is 11.4 Å². The highest BCUT2D eigenvalue weighted by molar-refractivity contribution is 5.91. The van der Waals surface area contributed by atoms with E-state index in [1.54, 1.807) is 6.07 Å². The Labute approximate surface area is 109 Å². The average Bonchev–Trinajstić information content (AvgIpc) is 2.31. The maximum absolute atomic E-state index is 11.8. The molecule has 18 heavy (non-hydrogen) atoms. The van der Waals surface area contributed by atoms with Gasteiger partial charge in [0.1, 0.15) is 0 Å². The van der Waals surface area contributed by atoms with Crippen molar-refractivity contribution in [2.45, 2.75) is 26.7 Å². The number of hydrogen-bond donors (Lipinski definition) is 2. The number of anilines is 2. The van der Waals surface area contributed by atoms with E-state index >= 15 is 0 Å². The highest BCUT2D eigenvalue weighted by Gasteiger charge is 2.06. The first kappa shape index (κ1) is 14.5. The Balaban J connectivity index is 2.44. The van der Waals surface area contributed by atoms with Gasteiger partial charge in [0, 0.05) is 24.3 Å². The fourth-order valence-corrected chi connectivity index (χ4v) is 1.83. The van der Waals surface area contributed by atoms with Gasteiger partial charge in [-0.05, 0) is 50.7 Å². The van der Waals surface area contributed by atoms with E-state index in [-0.39, 0.29) is 5.91 Å². The van der Waals surface area contributed by atoms with E-state index in [0.717, 1.165) is 30.8 Å². The summed E-state index contributed by atoms with van der Waals surface area (Å²) in [5.41, 5.74) is 8.22. The van der Waals surface area contributed by atoms with Gasteiger partial charge in [0.05, 0.1) is 0 Å². The van der Waals surface area contributed by atoms with Crippen molar-refractivity contribution in [2.75, 3.05) is 31.2 Å². The number of carbonyl (C=O) groups excluding carboxylic acids is 1. The third-order valence-corrected chi connectivity index (χ3v) is 2.85. The summed E-state index contributed by atoms with van der Waals surface area (Å²) in [5, 5.41) is 2.91. The zero-order chi connectivity index (χ0) is 13.5. The molecular weight excluding hydrogens is 226 g/mol. The second-order valence-electron chi connectivity index (χ2n) is 4.68. The van der Waals surface area contributed by atoms with Gasteiger partial charge in [-0.1, -0.05) is 6.92 Å². The van der Waals surface area contributed by atoms with Crippen molar-refractivity contribution >= 4 is 17.3 Å². The van der Waals surface area contributed by atoms with E-state index in [1.807, 2.05) is 26.1 Å². The average molecular weight is 249 g/mol. The second-order valence-corrected chi connectivity index (χ2v) is 4.68. The Kier molecular flexibility index (Phi) is 5.65. The number of amides is 1. The molecule has 0 heterocycles. The molecule has 0 spiro atoms. The molecule has 100 valence electrons. The van der Waals surface area contributed by atoms with Crippen molar-refractivity contribution in [3.05, 3.63) is 23.8 Å².